The Bertz CT molecular complexity index is 2940. The maximum absolute atomic E-state index is 8.38. The maximum Gasteiger partial charge on any atom is 0.167 e. The first-order valence-corrected chi connectivity index (χ1v) is 17.4. The standard InChI is InChI=1S/C48H33N3O2/c1-48(2)40-19-8-6-15-38(40)43-35(16-11-21-42(43)53-48)32-24-28-34(29-25-32)46-49-45(33-26-22-31(23-27-33)30-12-4-3-5-13-30)50-47(51-46)39-18-10-17-37-36-14-7-9-20-41(36)52-44(37)39/h3-29H,1-2H3/i1D2,2D2. The van der Waals surface area contributed by atoms with E-state index in [0.717, 1.165) is 66.4 Å². The molecule has 0 bridgehead atoms. The topological polar surface area (TPSA) is 61.0 Å². The summed E-state index contributed by atoms with van der Waals surface area (Å²) in [6, 6.07) is 53.5. The molecule has 0 saturated carbocycles. The van der Waals surface area contributed by atoms with Gasteiger partial charge < -0.3 is 9.15 Å². The summed E-state index contributed by atoms with van der Waals surface area (Å²) < 4.78 is 46.3. The Balaban J connectivity index is 1.09. The largest absolute Gasteiger partial charge is 0.482 e. The van der Waals surface area contributed by atoms with Crippen LogP contribution in [-0.4, -0.2) is 15.0 Å². The first kappa shape index (κ1) is 26.9. The number of hydrogen-bond acceptors (Lipinski definition) is 5. The van der Waals surface area contributed by atoms with Gasteiger partial charge in [0.25, 0.3) is 0 Å². The minimum absolute atomic E-state index is 0.439. The molecule has 1 aliphatic rings. The molecule has 0 fully saturated rings. The van der Waals surface area contributed by atoms with E-state index in [0.29, 0.717) is 34.4 Å². The molecule has 0 saturated heterocycles. The number of hydrogen-bond donors (Lipinski definition) is 0. The number of benzene rings is 7. The molecule has 252 valence electrons. The van der Waals surface area contributed by atoms with E-state index in [1.807, 2.05) is 109 Å². The number of para-hydroxylation sites is 2. The molecule has 5 heteroatoms. The van der Waals surface area contributed by atoms with Crippen molar-refractivity contribution in [3.05, 3.63) is 169 Å². The van der Waals surface area contributed by atoms with Gasteiger partial charge >= 0.3 is 0 Å². The third kappa shape index (κ3) is 5.28. The van der Waals surface area contributed by atoms with E-state index in [-0.39, 0.29) is 0 Å². The van der Waals surface area contributed by atoms with Gasteiger partial charge in [-0.2, -0.15) is 0 Å². The van der Waals surface area contributed by atoms with Crippen molar-refractivity contribution in [2.75, 3.05) is 0 Å². The molecule has 0 radical (unpaired) electrons. The number of rotatable bonds is 5. The van der Waals surface area contributed by atoms with E-state index in [9.17, 15) is 0 Å². The van der Waals surface area contributed by atoms with Crippen LogP contribution < -0.4 is 4.74 Å². The molecule has 2 aromatic heterocycles. The monoisotopic (exact) mass is 687 g/mol. The van der Waals surface area contributed by atoms with Crippen LogP contribution in [0.5, 0.6) is 5.75 Å². The summed E-state index contributed by atoms with van der Waals surface area (Å²) in [6.45, 7) is -3.18. The van der Waals surface area contributed by atoms with Gasteiger partial charge in [-0.1, -0.05) is 146 Å². The van der Waals surface area contributed by atoms with Gasteiger partial charge in [-0.25, -0.2) is 15.0 Å². The zero-order valence-electron chi connectivity index (χ0n) is 32.4. The molecule has 0 amide bonds. The number of fused-ring (bicyclic) bond motifs is 6. The van der Waals surface area contributed by atoms with Crippen molar-refractivity contribution in [1.29, 1.82) is 0 Å². The van der Waals surface area contributed by atoms with Crippen molar-refractivity contribution in [2.45, 2.75) is 19.4 Å². The zero-order chi connectivity index (χ0) is 38.7. The average molecular weight is 688 g/mol. The summed E-state index contributed by atoms with van der Waals surface area (Å²) >= 11 is 0. The first-order chi connectivity index (χ1) is 27.9. The van der Waals surface area contributed by atoms with Crippen molar-refractivity contribution in [3.8, 4) is 73.3 Å². The average Bonchev–Trinajstić information content (AvgIpc) is 3.65. The summed E-state index contributed by atoms with van der Waals surface area (Å²) in [5.41, 5.74) is 8.19. The Kier molecular flexibility index (Phi) is 6.16. The van der Waals surface area contributed by atoms with Crippen LogP contribution in [0.4, 0.5) is 0 Å². The van der Waals surface area contributed by atoms with E-state index in [1.54, 1.807) is 18.2 Å². The second-order valence-electron chi connectivity index (χ2n) is 13.2. The lowest BCUT2D eigenvalue weighted by molar-refractivity contribution is 0.106. The highest BCUT2D eigenvalue weighted by Crippen LogP contribution is 2.49. The molecule has 0 N–H and O–H groups in total. The summed E-state index contributed by atoms with van der Waals surface area (Å²) in [6.07, 6.45) is 0. The molecule has 0 spiro atoms. The van der Waals surface area contributed by atoms with Crippen molar-refractivity contribution >= 4 is 21.9 Å². The normalized spacial score (nSPS) is 14.2. The number of ether oxygens (including phenoxy) is 1. The summed E-state index contributed by atoms with van der Waals surface area (Å²) in [4.78, 5) is 15.1. The van der Waals surface area contributed by atoms with Gasteiger partial charge in [0.05, 0.1) is 5.56 Å². The first-order valence-electron chi connectivity index (χ1n) is 19.7. The zero-order valence-corrected chi connectivity index (χ0v) is 28.4. The second-order valence-corrected chi connectivity index (χ2v) is 13.2. The van der Waals surface area contributed by atoms with Gasteiger partial charge in [-0.05, 0) is 59.8 Å². The van der Waals surface area contributed by atoms with Gasteiger partial charge in [-0.3, -0.25) is 0 Å². The predicted molar refractivity (Wildman–Crippen MR) is 213 cm³/mol. The van der Waals surface area contributed by atoms with Crippen LogP contribution in [0.15, 0.2) is 168 Å². The summed E-state index contributed by atoms with van der Waals surface area (Å²) in [5, 5.41) is 2.01. The minimum atomic E-state index is -1.76. The van der Waals surface area contributed by atoms with Crippen LogP contribution >= 0.6 is 0 Å². The van der Waals surface area contributed by atoms with Gasteiger partial charge in [0, 0.05) is 38.5 Å². The third-order valence-corrected chi connectivity index (χ3v) is 9.91. The number of aromatic nitrogens is 3. The van der Waals surface area contributed by atoms with Crippen molar-refractivity contribution in [2.24, 2.45) is 0 Å². The highest BCUT2D eigenvalue weighted by Gasteiger charge is 2.33. The van der Waals surface area contributed by atoms with E-state index in [4.69, 9.17) is 29.6 Å². The predicted octanol–water partition coefficient (Wildman–Crippen LogP) is 12.4. The molecular weight excluding hydrogens is 651 g/mol. The molecule has 10 rings (SSSR count). The lowest BCUT2D eigenvalue weighted by Gasteiger charge is -2.35. The molecule has 7 aromatic carbocycles. The fraction of sp³-hybridized carbons (Fsp3) is 0.0625. The van der Waals surface area contributed by atoms with Crippen LogP contribution in [0, 0.1) is 0 Å². The van der Waals surface area contributed by atoms with Crippen LogP contribution in [0.3, 0.4) is 0 Å². The molecule has 3 heterocycles. The summed E-state index contributed by atoms with van der Waals surface area (Å²) in [5.74, 6) is 1.97. The van der Waals surface area contributed by atoms with Gasteiger partial charge in [0.2, 0.25) is 0 Å². The van der Waals surface area contributed by atoms with Crippen LogP contribution in [0.1, 0.15) is 24.8 Å². The molecule has 5 nitrogen and oxygen atoms in total. The van der Waals surface area contributed by atoms with E-state index in [1.165, 1.54) is 0 Å². The molecular formula is C48H33N3O2. The second kappa shape index (κ2) is 12.1. The Morgan fingerprint density at radius 3 is 1.79 bits per heavy atom. The van der Waals surface area contributed by atoms with Crippen LogP contribution in [0.25, 0.3) is 89.5 Å². The lowest BCUT2D eigenvalue weighted by Crippen LogP contribution is -2.29. The third-order valence-electron chi connectivity index (χ3n) is 9.91. The van der Waals surface area contributed by atoms with Crippen LogP contribution in [-0.2, 0) is 5.60 Å². The summed E-state index contributed by atoms with van der Waals surface area (Å²) in [7, 11) is 0. The fourth-order valence-corrected chi connectivity index (χ4v) is 7.33. The Morgan fingerprint density at radius 2 is 1.02 bits per heavy atom. The van der Waals surface area contributed by atoms with Crippen molar-refractivity contribution < 1.29 is 14.6 Å². The quantitative estimate of drug-likeness (QED) is 0.180. The highest BCUT2D eigenvalue weighted by molar-refractivity contribution is 6.09. The van der Waals surface area contributed by atoms with Gasteiger partial charge in [0.15, 0.2) is 17.5 Å². The molecule has 0 atom stereocenters. The fourth-order valence-electron chi connectivity index (χ4n) is 7.33. The Hall–Kier alpha value is -6.85. The van der Waals surface area contributed by atoms with Crippen molar-refractivity contribution in [3.63, 3.8) is 0 Å². The molecule has 1 aliphatic heterocycles. The van der Waals surface area contributed by atoms with E-state index in [2.05, 4.69) is 36.4 Å². The van der Waals surface area contributed by atoms with E-state index >= 15 is 0 Å². The lowest BCUT2D eigenvalue weighted by atomic mass is 9.83. The Labute approximate surface area is 312 Å². The highest BCUT2D eigenvalue weighted by atomic mass is 16.5. The van der Waals surface area contributed by atoms with Crippen LogP contribution in [0.2, 0.25) is 0 Å². The minimum Gasteiger partial charge on any atom is -0.482 e. The molecule has 0 unspecified atom stereocenters. The smallest absolute Gasteiger partial charge is 0.167 e. The molecule has 53 heavy (non-hydrogen) atoms. The van der Waals surface area contributed by atoms with Gasteiger partial charge in [-0.15, -0.1) is 0 Å². The SMILES string of the molecule is [2H]C([2H])C1(C([2H])[2H])Oc2cccc(-c3ccc(-c4nc(-c5ccc(-c6ccccc6)cc5)nc(-c5cccc6c5oc5ccccc56)n4)cc3)c2-c2ccccc21. The molecule has 9 aromatic rings. The maximum atomic E-state index is 8.38. The Morgan fingerprint density at radius 1 is 0.453 bits per heavy atom. The van der Waals surface area contributed by atoms with Gasteiger partial charge in [0.1, 0.15) is 22.5 Å². The number of furan rings is 1. The van der Waals surface area contributed by atoms with Crippen molar-refractivity contribution in [1.82, 2.24) is 15.0 Å². The number of nitrogens with zero attached hydrogens (tertiary/aromatic N) is 3. The van der Waals surface area contributed by atoms with E-state index < -0.39 is 19.4 Å². The molecule has 0 aliphatic carbocycles.